The van der Waals surface area contributed by atoms with E-state index in [1.807, 2.05) is 12.3 Å². The summed E-state index contributed by atoms with van der Waals surface area (Å²) >= 11 is 0. The summed E-state index contributed by atoms with van der Waals surface area (Å²) in [5, 5.41) is 3.62. The minimum atomic E-state index is 0.554. The van der Waals surface area contributed by atoms with Crippen LogP contribution in [0.25, 0.3) is 11.1 Å². The third kappa shape index (κ3) is 2.08. The van der Waals surface area contributed by atoms with Gasteiger partial charge in [0.2, 0.25) is 0 Å². The normalized spacial score (nSPS) is 17.9. The molecule has 0 aliphatic heterocycles. The number of aryl methyl sites for hydroxylation is 1. The molecule has 0 amide bonds. The van der Waals surface area contributed by atoms with Crippen molar-refractivity contribution in [1.29, 1.82) is 0 Å². The average molecular weight is 241 g/mol. The van der Waals surface area contributed by atoms with E-state index in [1.54, 1.807) is 6.26 Å². The molecule has 2 nitrogen and oxygen atoms in total. The fourth-order valence-electron chi connectivity index (χ4n) is 2.76. The summed E-state index contributed by atoms with van der Waals surface area (Å²) in [4.78, 5) is 0. The molecular weight excluding hydrogens is 222 g/mol. The number of nitrogens with one attached hydrogen (secondary N) is 1. The second kappa shape index (κ2) is 4.99. The predicted octanol–water partition coefficient (Wildman–Crippen LogP) is 3.93. The van der Waals surface area contributed by atoms with Gasteiger partial charge in [-0.15, -0.1) is 0 Å². The topological polar surface area (TPSA) is 25.2 Å². The Balaban J connectivity index is 1.85. The fraction of sp³-hybridized carbons (Fsp3) is 0.375. The molecule has 1 atom stereocenters. The van der Waals surface area contributed by atoms with Crippen molar-refractivity contribution in [2.24, 2.45) is 0 Å². The van der Waals surface area contributed by atoms with Gasteiger partial charge in [0.15, 0.2) is 0 Å². The molecule has 0 saturated carbocycles. The summed E-state index contributed by atoms with van der Waals surface area (Å²) < 4.78 is 5.15. The highest BCUT2D eigenvalue weighted by Crippen LogP contribution is 2.34. The first kappa shape index (κ1) is 11.5. The second-order valence-corrected chi connectivity index (χ2v) is 4.97. The summed E-state index contributed by atoms with van der Waals surface area (Å²) in [6.07, 6.45) is 7.14. The number of furan rings is 1. The van der Waals surface area contributed by atoms with Crippen molar-refractivity contribution in [2.45, 2.75) is 32.2 Å². The molecule has 1 aliphatic rings. The molecule has 1 heterocycles. The van der Waals surface area contributed by atoms with E-state index in [9.17, 15) is 0 Å². The minimum Gasteiger partial charge on any atom is -0.472 e. The zero-order valence-corrected chi connectivity index (χ0v) is 10.8. The van der Waals surface area contributed by atoms with Crippen LogP contribution in [-0.4, -0.2) is 6.54 Å². The molecular formula is C16H19NO. The Morgan fingerprint density at radius 3 is 3.00 bits per heavy atom. The van der Waals surface area contributed by atoms with E-state index in [1.165, 1.54) is 41.5 Å². The fourth-order valence-corrected chi connectivity index (χ4v) is 2.76. The number of hydrogen-bond donors (Lipinski definition) is 1. The van der Waals surface area contributed by atoms with Crippen molar-refractivity contribution in [3.8, 4) is 11.1 Å². The number of fused-ring (bicyclic) bond motifs is 1. The highest BCUT2D eigenvalue weighted by molar-refractivity contribution is 5.64. The summed E-state index contributed by atoms with van der Waals surface area (Å²) in [5.74, 6) is 0. The van der Waals surface area contributed by atoms with Crippen LogP contribution in [0.3, 0.4) is 0 Å². The van der Waals surface area contributed by atoms with E-state index in [4.69, 9.17) is 4.42 Å². The number of hydrogen-bond acceptors (Lipinski definition) is 2. The first-order valence-corrected chi connectivity index (χ1v) is 6.77. The highest BCUT2D eigenvalue weighted by atomic mass is 16.3. The maximum atomic E-state index is 5.15. The van der Waals surface area contributed by atoms with E-state index in [2.05, 4.69) is 30.4 Å². The van der Waals surface area contributed by atoms with Crippen LogP contribution in [-0.2, 0) is 6.42 Å². The molecule has 0 spiro atoms. The molecule has 2 heteroatoms. The zero-order valence-electron chi connectivity index (χ0n) is 10.8. The monoisotopic (exact) mass is 241 g/mol. The number of benzene rings is 1. The van der Waals surface area contributed by atoms with Crippen molar-refractivity contribution < 1.29 is 4.42 Å². The predicted molar refractivity (Wildman–Crippen MR) is 73.5 cm³/mol. The van der Waals surface area contributed by atoms with Gasteiger partial charge in [-0.2, -0.15) is 0 Å². The van der Waals surface area contributed by atoms with Gasteiger partial charge in [-0.1, -0.05) is 25.1 Å². The molecule has 0 saturated heterocycles. The van der Waals surface area contributed by atoms with Crippen LogP contribution < -0.4 is 5.32 Å². The molecule has 2 aromatic rings. The van der Waals surface area contributed by atoms with E-state index < -0.39 is 0 Å². The molecule has 1 N–H and O–H groups in total. The molecule has 0 fully saturated rings. The van der Waals surface area contributed by atoms with Gasteiger partial charge >= 0.3 is 0 Å². The van der Waals surface area contributed by atoms with Gasteiger partial charge in [0.1, 0.15) is 0 Å². The third-order valence-corrected chi connectivity index (χ3v) is 3.72. The van der Waals surface area contributed by atoms with Gasteiger partial charge in [0.05, 0.1) is 12.5 Å². The largest absolute Gasteiger partial charge is 0.472 e. The Hall–Kier alpha value is -1.54. The lowest BCUT2D eigenvalue weighted by molar-refractivity contribution is 0.529. The summed E-state index contributed by atoms with van der Waals surface area (Å²) in [7, 11) is 0. The van der Waals surface area contributed by atoms with E-state index >= 15 is 0 Å². The summed E-state index contributed by atoms with van der Waals surface area (Å²) in [5.41, 5.74) is 5.40. The SMILES string of the molecule is CCCNC1CCc2cc(-c3ccoc3)ccc21. The lowest BCUT2D eigenvalue weighted by atomic mass is 10.0. The first-order chi connectivity index (χ1) is 8.88. The Morgan fingerprint density at radius 2 is 2.22 bits per heavy atom. The van der Waals surface area contributed by atoms with Crippen molar-refractivity contribution in [3.63, 3.8) is 0 Å². The summed E-state index contributed by atoms with van der Waals surface area (Å²) in [6, 6.07) is 9.36. The Morgan fingerprint density at radius 1 is 1.28 bits per heavy atom. The second-order valence-electron chi connectivity index (χ2n) is 4.97. The van der Waals surface area contributed by atoms with E-state index in [-0.39, 0.29) is 0 Å². The standard InChI is InChI=1S/C16H19NO/c1-2-8-17-16-6-4-13-10-12(3-5-15(13)16)14-7-9-18-11-14/h3,5,7,9-11,16-17H,2,4,6,8H2,1H3. The first-order valence-electron chi connectivity index (χ1n) is 6.77. The Kier molecular flexibility index (Phi) is 3.20. The lowest BCUT2D eigenvalue weighted by Crippen LogP contribution is -2.19. The zero-order chi connectivity index (χ0) is 12.4. The molecule has 94 valence electrons. The van der Waals surface area contributed by atoms with E-state index in [0.29, 0.717) is 6.04 Å². The highest BCUT2D eigenvalue weighted by Gasteiger charge is 2.21. The molecule has 1 aromatic carbocycles. The molecule has 1 unspecified atom stereocenters. The molecule has 18 heavy (non-hydrogen) atoms. The van der Waals surface area contributed by atoms with Gasteiger partial charge in [0, 0.05) is 11.6 Å². The summed E-state index contributed by atoms with van der Waals surface area (Å²) in [6.45, 7) is 3.32. The van der Waals surface area contributed by atoms with E-state index in [0.717, 1.165) is 6.54 Å². The van der Waals surface area contributed by atoms with Crippen molar-refractivity contribution in [2.75, 3.05) is 6.54 Å². The maximum Gasteiger partial charge on any atom is 0.0980 e. The third-order valence-electron chi connectivity index (χ3n) is 3.72. The maximum absolute atomic E-state index is 5.15. The minimum absolute atomic E-state index is 0.554. The van der Waals surface area contributed by atoms with Crippen molar-refractivity contribution >= 4 is 0 Å². The van der Waals surface area contributed by atoms with Crippen LogP contribution in [0.1, 0.15) is 36.9 Å². The van der Waals surface area contributed by atoms with Crippen LogP contribution in [0.4, 0.5) is 0 Å². The van der Waals surface area contributed by atoms with Crippen LogP contribution >= 0.6 is 0 Å². The van der Waals surface area contributed by atoms with Crippen molar-refractivity contribution in [1.82, 2.24) is 5.32 Å². The number of rotatable bonds is 4. The average Bonchev–Trinajstić information content (AvgIpc) is 3.05. The van der Waals surface area contributed by atoms with Gasteiger partial charge in [-0.3, -0.25) is 0 Å². The van der Waals surface area contributed by atoms with Gasteiger partial charge < -0.3 is 9.73 Å². The van der Waals surface area contributed by atoms with Gasteiger partial charge in [0.25, 0.3) is 0 Å². The quantitative estimate of drug-likeness (QED) is 0.877. The Bertz CT molecular complexity index is 516. The molecule has 1 aliphatic carbocycles. The van der Waals surface area contributed by atoms with Crippen LogP contribution in [0, 0.1) is 0 Å². The van der Waals surface area contributed by atoms with Gasteiger partial charge in [-0.05, 0) is 48.6 Å². The van der Waals surface area contributed by atoms with Crippen LogP contribution in [0.2, 0.25) is 0 Å². The van der Waals surface area contributed by atoms with Crippen LogP contribution in [0.15, 0.2) is 41.2 Å². The van der Waals surface area contributed by atoms with Crippen molar-refractivity contribution in [3.05, 3.63) is 47.9 Å². The molecule has 3 rings (SSSR count). The molecule has 0 radical (unpaired) electrons. The van der Waals surface area contributed by atoms with Crippen LogP contribution in [0.5, 0.6) is 0 Å². The molecule has 1 aromatic heterocycles. The van der Waals surface area contributed by atoms with Gasteiger partial charge in [-0.25, -0.2) is 0 Å². The Labute approximate surface area is 108 Å². The lowest BCUT2D eigenvalue weighted by Gasteiger charge is -2.13. The smallest absolute Gasteiger partial charge is 0.0980 e. The molecule has 0 bridgehead atoms.